The van der Waals surface area contributed by atoms with Crippen LogP contribution < -0.4 is 10.7 Å². The maximum atomic E-state index is 14.6. The van der Waals surface area contributed by atoms with E-state index in [4.69, 9.17) is 15.9 Å². The van der Waals surface area contributed by atoms with Crippen molar-refractivity contribution in [3.05, 3.63) is 76.3 Å². The summed E-state index contributed by atoms with van der Waals surface area (Å²) in [5, 5.41) is 23.5. The van der Waals surface area contributed by atoms with Crippen molar-refractivity contribution in [3.63, 3.8) is 0 Å². The SMILES string of the molecule is Cc1nnc(N2N=C(c3cc(F)ccc3F)SC2(COCC(=N)N)c2ccccc2)s1. The Balaban J connectivity index is 1.85. The molecule has 11 heteroatoms. The summed E-state index contributed by atoms with van der Waals surface area (Å²) < 4.78 is 34.2. The van der Waals surface area contributed by atoms with Gasteiger partial charge in [-0.3, -0.25) is 5.41 Å². The van der Waals surface area contributed by atoms with Crippen molar-refractivity contribution in [1.82, 2.24) is 10.2 Å². The topological polar surface area (TPSA) is 100 Å². The summed E-state index contributed by atoms with van der Waals surface area (Å²) >= 11 is 2.54. The minimum atomic E-state index is -0.989. The predicted octanol–water partition coefficient (Wildman–Crippen LogP) is 3.85. The van der Waals surface area contributed by atoms with E-state index in [1.807, 2.05) is 37.3 Å². The molecule has 1 unspecified atom stereocenters. The van der Waals surface area contributed by atoms with Crippen molar-refractivity contribution >= 4 is 39.1 Å². The Morgan fingerprint density at radius 1 is 1.19 bits per heavy atom. The molecule has 1 aliphatic rings. The number of aromatic nitrogens is 2. The number of hydrogen-bond acceptors (Lipinski definition) is 8. The van der Waals surface area contributed by atoms with Crippen LogP contribution in [0.4, 0.5) is 13.9 Å². The summed E-state index contributed by atoms with van der Waals surface area (Å²) in [5.41, 5.74) is 6.31. The van der Waals surface area contributed by atoms with Crippen LogP contribution in [0.15, 0.2) is 53.6 Å². The number of thioether (sulfide) groups is 1. The third-order valence-electron chi connectivity index (χ3n) is 4.43. The van der Waals surface area contributed by atoms with Gasteiger partial charge in [-0.25, -0.2) is 13.8 Å². The molecule has 160 valence electrons. The van der Waals surface area contributed by atoms with Gasteiger partial charge in [0.1, 0.15) is 34.1 Å². The van der Waals surface area contributed by atoms with Gasteiger partial charge in [-0.1, -0.05) is 53.4 Å². The minimum absolute atomic E-state index is 0.0422. The van der Waals surface area contributed by atoms with Crippen LogP contribution in [-0.4, -0.2) is 34.3 Å². The second-order valence-corrected chi connectivity index (χ2v) is 9.14. The van der Waals surface area contributed by atoms with E-state index in [0.29, 0.717) is 5.13 Å². The van der Waals surface area contributed by atoms with E-state index < -0.39 is 16.5 Å². The van der Waals surface area contributed by atoms with Crippen LogP contribution in [0.2, 0.25) is 0 Å². The molecule has 3 N–H and O–H groups in total. The van der Waals surface area contributed by atoms with Gasteiger partial charge in [-0.05, 0) is 30.7 Å². The van der Waals surface area contributed by atoms with Crippen LogP contribution in [0.5, 0.6) is 0 Å². The second-order valence-electron chi connectivity index (χ2n) is 6.72. The monoisotopic (exact) mass is 460 g/mol. The summed E-state index contributed by atoms with van der Waals surface area (Å²) in [6, 6.07) is 12.6. The predicted molar refractivity (Wildman–Crippen MR) is 118 cm³/mol. The second kappa shape index (κ2) is 8.69. The van der Waals surface area contributed by atoms with Gasteiger partial charge in [-0.2, -0.15) is 5.10 Å². The molecule has 1 aliphatic heterocycles. The number of rotatable bonds is 7. The van der Waals surface area contributed by atoms with E-state index in [2.05, 4.69) is 15.3 Å². The summed E-state index contributed by atoms with van der Waals surface area (Å²) in [5.74, 6) is -1.28. The molecule has 0 spiro atoms. The average Bonchev–Trinajstić information content (AvgIpc) is 3.34. The van der Waals surface area contributed by atoms with Crippen molar-refractivity contribution < 1.29 is 13.5 Å². The van der Waals surface area contributed by atoms with E-state index in [9.17, 15) is 8.78 Å². The average molecular weight is 461 g/mol. The Kier molecular flexibility index (Phi) is 5.99. The van der Waals surface area contributed by atoms with Crippen molar-refractivity contribution in [1.29, 1.82) is 5.41 Å². The summed E-state index contributed by atoms with van der Waals surface area (Å²) in [6.07, 6.45) is 0. The van der Waals surface area contributed by atoms with Crippen LogP contribution in [-0.2, 0) is 9.61 Å². The van der Waals surface area contributed by atoms with Crippen molar-refractivity contribution in [3.8, 4) is 0 Å². The van der Waals surface area contributed by atoms with E-state index in [1.165, 1.54) is 23.1 Å². The van der Waals surface area contributed by atoms with Crippen LogP contribution in [0.25, 0.3) is 0 Å². The maximum Gasteiger partial charge on any atom is 0.230 e. The first-order valence-electron chi connectivity index (χ1n) is 9.18. The lowest BCUT2D eigenvalue weighted by molar-refractivity contribution is 0.142. The number of halogens is 2. The molecule has 0 aliphatic carbocycles. The fourth-order valence-corrected chi connectivity index (χ4v) is 5.17. The highest BCUT2D eigenvalue weighted by atomic mass is 32.2. The third-order valence-corrected chi connectivity index (χ3v) is 6.61. The number of ether oxygens (including phenoxy) is 1. The van der Waals surface area contributed by atoms with E-state index >= 15 is 0 Å². The lowest BCUT2D eigenvalue weighted by Crippen LogP contribution is -2.42. The normalized spacial score (nSPS) is 18.3. The number of benzene rings is 2. The van der Waals surface area contributed by atoms with E-state index in [0.717, 1.165) is 28.8 Å². The minimum Gasteiger partial charge on any atom is -0.386 e. The molecule has 0 radical (unpaired) electrons. The van der Waals surface area contributed by atoms with Crippen LogP contribution in [0.1, 0.15) is 16.1 Å². The number of nitrogens with zero attached hydrogens (tertiary/aromatic N) is 4. The Morgan fingerprint density at radius 2 is 1.97 bits per heavy atom. The molecular weight excluding hydrogens is 442 g/mol. The van der Waals surface area contributed by atoms with E-state index in [1.54, 1.807) is 5.01 Å². The van der Waals surface area contributed by atoms with Gasteiger partial charge >= 0.3 is 0 Å². The van der Waals surface area contributed by atoms with Gasteiger partial charge in [0, 0.05) is 5.56 Å². The Bertz CT molecular complexity index is 1140. The summed E-state index contributed by atoms with van der Waals surface area (Å²) in [7, 11) is 0. The molecule has 2 aromatic carbocycles. The standard InChI is InChI=1S/C20H18F2N6OS2/c1-12-25-26-19(30-12)28-20(11-29-10-17(23)24,13-5-3-2-4-6-13)31-18(27-28)15-9-14(21)7-8-16(15)22/h2-9H,10-11H2,1H3,(H3,23,24). The molecule has 0 amide bonds. The lowest BCUT2D eigenvalue weighted by Gasteiger charge is -2.35. The first-order valence-corrected chi connectivity index (χ1v) is 10.8. The van der Waals surface area contributed by atoms with Crippen molar-refractivity contribution in [2.75, 3.05) is 18.2 Å². The number of amidine groups is 1. The molecule has 4 rings (SSSR count). The molecule has 0 bridgehead atoms. The molecule has 1 aromatic heterocycles. The molecule has 1 atom stereocenters. The lowest BCUT2D eigenvalue weighted by atomic mass is 10.1. The number of hydrogen-bond donors (Lipinski definition) is 2. The summed E-state index contributed by atoms with van der Waals surface area (Å²) in [4.78, 5) is -0.989. The van der Waals surface area contributed by atoms with Gasteiger partial charge in [0.15, 0.2) is 4.87 Å². The largest absolute Gasteiger partial charge is 0.386 e. The quantitative estimate of drug-likeness (QED) is 0.410. The smallest absolute Gasteiger partial charge is 0.230 e. The molecule has 0 saturated heterocycles. The fourth-order valence-electron chi connectivity index (χ4n) is 3.09. The maximum absolute atomic E-state index is 14.6. The Hall–Kier alpha value is -2.89. The molecule has 3 aromatic rings. The molecular formula is C20H18F2N6OS2. The van der Waals surface area contributed by atoms with Gasteiger partial charge < -0.3 is 10.5 Å². The zero-order valence-electron chi connectivity index (χ0n) is 16.4. The highest BCUT2D eigenvalue weighted by Gasteiger charge is 2.48. The van der Waals surface area contributed by atoms with Crippen LogP contribution >= 0.6 is 23.1 Å². The first kappa shape index (κ1) is 21.3. The highest BCUT2D eigenvalue weighted by molar-refractivity contribution is 8.15. The number of anilines is 1. The van der Waals surface area contributed by atoms with Crippen LogP contribution in [0.3, 0.4) is 0 Å². The number of nitrogens with two attached hydrogens (primary N) is 1. The fraction of sp³-hybridized carbons (Fsp3) is 0.200. The molecule has 7 nitrogen and oxygen atoms in total. The number of hydrazone groups is 1. The number of aryl methyl sites for hydroxylation is 1. The molecule has 2 heterocycles. The highest BCUT2D eigenvalue weighted by Crippen LogP contribution is 2.50. The van der Waals surface area contributed by atoms with Gasteiger partial charge in [0.2, 0.25) is 5.13 Å². The van der Waals surface area contributed by atoms with E-state index in [-0.39, 0.29) is 29.7 Å². The molecule has 0 fully saturated rings. The van der Waals surface area contributed by atoms with Crippen molar-refractivity contribution in [2.45, 2.75) is 11.8 Å². The van der Waals surface area contributed by atoms with Crippen molar-refractivity contribution in [2.24, 2.45) is 10.8 Å². The van der Waals surface area contributed by atoms with Gasteiger partial charge in [0.05, 0.1) is 6.61 Å². The Labute approximate surface area is 185 Å². The molecule has 31 heavy (non-hydrogen) atoms. The zero-order valence-corrected chi connectivity index (χ0v) is 18.0. The number of nitrogens with one attached hydrogen (secondary N) is 1. The molecule has 0 saturated carbocycles. The van der Waals surface area contributed by atoms with Gasteiger partial charge in [0.25, 0.3) is 0 Å². The van der Waals surface area contributed by atoms with Crippen LogP contribution in [0, 0.1) is 24.0 Å². The van der Waals surface area contributed by atoms with Gasteiger partial charge in [-0.15, -0.1) is 10.2 Å². The Morgan fingerprint density at radius 3 is 2.65 bits per heavy atom. The zero-order chi connectivity index (χ0) is 22.0. The first-order chi connectivity index (χ1) is 14.9. The third kappa shape index (κ3) is 4.29. The summed E-state index contributed by atoms with van der Waals surface area (Å²) in [6.45, 7) is 1.79.